The van der Waals surface area contributed by atoms with Crippen LogP contribution in [-0.2, 0) is 11.2 Å². The molecule has 3 aromatic carbocycles. The van der Waals surface area contributed by atoms with Crippen LogP contribution in [-0.4, -0.2) is 17.9 Å². The monoisotopic (exact) mass is 442 g/mol. The van der Waals surface area contributed by atoms with Gasteiger partial charge in [0.15, 0.2) is 0 Å². The van der Waals surface area contributed by atoms with Gasteiger partial charge in [0.2, 0.25) is 0 Å². The van der Waals surface area contributed by atoms with Gasteiger partial charge in [-0.25, -0.2) is 0 Å². The van der Waals surface area contributed by atoms with E-state index in [1.54, 1.807) is 6.07 Å². The lowest BCUT2D eigenvalue weighted by molar-refractivity contribution is -0.112. The van der Waals surface area contributed by atoms with E-state index in [0.717, 1.165) is 23.3 Å². The maximum absolute atomic E-state index is 12.9. The average Bonchev–Trinajstić information content (AvgIpc) is 2.81. The summed E-state index contributed by atoms with van der Waals surface area (Å²) in [7, 11) is 0. The third kappa shape index (κ3) is 5.29. The minimum absolute atomic E-state index is 0.0499. The van der Waals surface area contributed by atoms with E-state index in [-0.39, 0.29) is 17.9 Å². The quantitative estimate of drug-likeness (QED) is 0.472. The molecule has 3 aromatic rings. The number of fused-ring (bicyclic) bond motifs is 1. The Hall–Kier alpha value is -3.31. The molecular weight excluding hydrogens is 416 g/mol. The number of aryl methyl sites for hydroxylation is 1. The van der Waals surface area contributed by atoms with Crippen molar-refractivity contribution in [2.75, 3.05) is 5.32 Å². The van der Waals surface area contributed by atoms with Gasteiger partial charge in [0.25, 0.3) is 11.8 Å². The second-order valence-electron chi connectivity index (χ2n) is 7.95. The number of anilines is 1. The van der Waals surface area contributed by atoms with Crippen LogP contribution in [0.2, 0.25) is 0 Å². The summed E-state index contributed by atoms with van der Waals surface area (Å²) in [6, 6.07) is 23.7. The molecule has 0 saturated carbocycles. The summed E-state index contributed by atoms with van der Waals surface area (Å²) in [6.07, 6.45) is 3.51. The zero-order chi connectivity index (χ0) is 22.5. The molecule has 1 aliphatic heterocycles. The predicted octanol–water partition coefficient (Wildman–Crippen LogP) is 5.83. The smallest absolute Gasteiger partial charge is 0.262 e. The standard InChI is InChI=1S/C27H26N2O2S/c1-3-22(15-19-7-5-4-6-8-19)28-26(30)21-13-14-24-23(17-21)29-27(31)25(32-24)16-20-11-9-18(2)10-12-20/h4-14,16-17,22H,3,15H2,1-2H3,(H,28,30)(H,29,31)/b25-16+. The maximum atomic E-state index is 12.9. The number of hydrogen-bond donors (Lipinski definition) is 2. The second kappa shape index (κ2) is 9.88. The number of carbonyl (C=O) groups excluding carboxylic acids is 2. The maximum Gasteiger partial charge on any atom is 0.262 e. The molecule has 1 heterocycles. The average molecular weight is 443 g/mol. The molecule has 0 aromatic heterocycles. The number of carbonyl (C=O) groups is 2. The van der Waals surface area contributed by atoms with Crippen LogP contribution in [0.25, 0.3) is 6.08 Å². The molecule has 32 heavy (non-hydrogen) atoms. The molecule has 1 atom stereocenters. The first-order chi connectivity index (χ1) is 15.5. The predicted molar refractivity (Wildman–Crippen MR) is 132 cm³/mol. The largest absolute Gasteiger partial charge is 0.349 e. The Morgan fingerprint density at radius 1 is 1.06 bits per heavy atom. The SMILES string of the molecule is CCC(Cc1ccccc1)NC(=O)c1ccc2c(c1)NC(=O)/C(=C\c1ccc(C)cc1)S2. The number of benzene rings is 3. The highest BCUT2D eigenvalue weighted by Crippen LogP contribution is 2.39. The molecule has 5 heteroatoms. The number of nitrogens with one attached hydrogen (secondary N) is 2. The molecule has 1 unspecified atom stereocenters. The number of hydrogen-bond acceptors (Lipinski definition) is 3. The van der Waals surface area contributed by atoms with E-state index in [0.29, 0.717) is 16.2 Å². The fourth-order valence-corrected chi connectivity index (χ4v) is 4.51. The van der Waals surface area contributed by atoms with E-state index < -0.39 is 0 Å². The van der Waals surface area contributed by atoms with Crippen molar-refractivity contribution < 1.29 is 9.59 Å². The summed E-state index contributed by atoms with van der Waals surface area (Å²) < 4.78 is 0. The van der Waals surface area contributed by atoms with Crippen molar-refractivity contribution in [2.24, 2.45) is 0 Å². The summed E-state index contributed by atoms with van der Waals surface area (Å²) in [5.74, 6) is -0.285. The lowest BCUT2D eigenvalue weighted by atomic mass is 10.0. The van der Waals surface area contributed by atoms with E-state index >= 15 is 0 Å². The van der Waals surface area contributed by atoms with Crippen molar-refractivity contribution in [3.05, 3.63) is 100.0 Å². The summed E-state index contributed by atoms with van der Waals surface area (Å²) in [5.41, 5.74) is 4.57. The molecule has 0 aliphatic carbocycles. The highest BCUT2D eigenvalue weighted by atomic mass is 32.2. The van der Waals surface area contributed by atoms with E-state index in [1.807, 2.05) is 67.6 Å². The molecule has 0 spiro atoms. The Kier molecular flexibility index (Phi) is 6.76. The first-order valence-corrected chi connectivity index (χ1v) is 11.6. The van der Waals surface area contributed by atoms with E-state index in [4.69, 9.17) is 0 Å². The van der Waals surface area contributed by atoms with Gasteiger partial charge < -0.3 is 10.6 Å². The van der Waals surface area contributed by atoms with Crippen molar-refractivity contribution >= 4 is 35.3 Å². The number of rotatable bonds is 6. The summed E-state index contributed by atoms with van der Waals surface area (Å²) in [6.45, 7) is 4.10. The fourth-order valence-electron chi connectivity index (χ4n) is 3.58. The van der Waals surface area contributed by atoms with Crippen LogP contribution in [0, 0.1) is 6.92 Å². The molecule has 1 aliphatic rings. The van der Waals surface area contributed by atoms with Gasteiger partial charge in [0.05, 0.1) is 10.6 Å². The number of thioether (sulfide) groups is 1. The Balaban J connectivity index is 1.47. The molecule has 2 amide bonds. The molecule has 2 N–H and O–H groups in total. The van der Waals surface area contributed by atoms with Gasteiger partial charge in [-0.2, -0.15) is 0 Å². The fraction of sp³-hybridized carbons (Fsp3) is 0.185. The zero-order valence-electron chi connectivity index (χ0n) is 18.2. The first kappa shape index (κ1) is 21.9. The van der Waals surface area contributed by atoms with E-state index in [9.17, 15) is 9.59 Å². The van der Waals surface area contributed by atoms with Crippen LogP contribution in [0.15, 0.2) is 82.6 Å². The van der Waals surface area contributed by atoms with Gasteiger partial charge in [0.1, 0.15) is 0 Å². The van der Waals surface area contributed by atoms with Crippen molar-refractivity contribution in [2.45, 2.75) is 37.6 Å². The third-order valence-electron chi connectivity index (χ3n) is 5.46. The van der Waals surface area contributed by atoms with Crippen molar-refractivity contribution in [3.63, 3.8) is 0 Å². The van der Waals surface area contributed by atoms with Gasteiger partial charge in [0, 0.05) is 16.5 Å². The van der Waals surface area contributed by atoms with Crippen molar-refractivity contribution in [3.8, 4) is 0 Å². The van der Waals surface area contributed by atoms with Crippen molar-refractivity contribution in [1.82, 2.24) is 5.32 Å². The molecule has 0 saturated heterocycles. The molecule has 162 valence electrons. The van der Waals surface area contributed by atoms with Crippen LogP contribution in [0.1, 0.15) is 40.4 Å². The van der Waals surface area contributed by atoms with Crippen LogP contribution in [0.4, 0.5) is 5.69 Å². The highest BCUT2D eigenvalue weighted by Gasteiger charge is 2.23. The Labute approximate surface area is 193 Å². The molecule has 0 radical (unpaired) electrons. The summed E-state index contributed by atoms with van der Waals surface area (Å²) in [4.78, 5) is 27.1. The minimum atomic E-state index is -0.156. The lowest BCUT2D eigenvalue weighted by Gasteiger charge is -2.21. The van der Waals surface area contributed by atoms with Crippen LogP contribution >= 0.6 is 11.8 Å². The molecule has 4 nitrogen and oxygen atoms in total. The van der Waals surface area contributed by atoms with Crippen LogP contribution in [0.3, 0.4) is 0 Å². The van der Waals surface area contributed by atoms with Gasteiger partial charge >= 0.3 is 0 Å². The number of amides is 2. The third-order valence-corrected chi connectivity index (χ3v) is 6.56. The molecule has 0 bridgehead atoms. The Morgan fingerprint density at radius 2 is 1.81 bits per heavy atom. The van der Waals surface area contributed by atoms with Gasteiger partial charge in [-0.05, 0) is 55.2 Å². The topological polar surface area (TPSA) is 58.2 Å². The molecule has 4 rings (SSSR count). The Morgan fingerprint density at radius 3 is 2.53 bits per heavy atom. The zero-order valence-corrected chi connectivity index (χ0v) is 19.0. The van der Waals surface area contributed by atoms with Crippen LogP contribution < -0.4 is 10.6 Å². The van der Waals surface area contributed by atoms with Gasteiger partial charge in [-0.3, -0.25) is 9.59 Å². The lowest BCUT2D eigenvalue weighted by Crippen LogP contribution is -2.36. The summed E-state index contributed by atoms with van der Waals surface area (Å²) >= 11 is 1.42. The van der Waals surface area contributed by atoms with Crippen LogP contribution in [0.5, 0.6) is 0 Å². The Bertz CT molecular complexity index is 1150. The highest BCUT2D eigenvalue weighted by molar-refractivity contribution is 8.04. The van der Waals surface area contributed by atoms with Gasteiger partial charge in [-0.15, -0.1) is 0 Å². The minimum Gasteiger partial charge on any atom is -0.349 e. The second-order valence-corrected chi connectivity index (χ2v) is 9.04. The molecule has 0 fully saturated rings. The molecular formula is C27H26N2O2S. The van der Waals surface area contributed by atoms with Crippen molar-refractivity contribution in [1.29, 1.82) is 0 Å². The van der Waals surface area contributed by atoms with E-state index in [2.05, 4.69) is 29.7 Å². The van der Waals surface area contributed by atoms with E-state index in [1.165, 1.54) is 22.9 Å². The normalized spacial score (nSPS) is 15.1. The van der Waals surface area contributed by atoms with Gasteiger partial charge in [-0.1, -0.05) is 78.8 Å². The first-order valence-electron chi connectivity index (χ1n) is 10.8. The summed E-state index contributed by atoms with van der Waals surface area (Å²) in [5, 5.41) is 6.06.